The van der Waals surface area contributed by atoms with Gasteiger partial charge in [-0.15, -0.1) is 0 Å². The summed E-state index contributed by atoms with van der Waals surface area (Å²) in [6, 6.07) is 18.8. The molecule has 0 unspecified atom stereocenters. The molecule has 2 aromatic carbocycles. The van der Waals surface area contributed by atoms with Crippen molar-refractivity contribution in [1.29, 1.82) is 0 Å². The predicted molar refractivity (Wildman–Crippen MR) is 118 cm³/mol. The number of pyridine rings is 1. The summed E-state index contributed by atoms with van der Waals surface area (Å²) < 4.78 is 7.00. The van der Waals surface area contributed by atoms with Crippen LogP contribution < -0.4 is 10.9 Å². The molecule has 1 saturated heterocycles. The monoisotopic (exact) mass is 405 g/mol. The summed E-state index contributed by atoms with van der Waals surface area (Å²) >= 11 is 0. The second-order valence-electron chi connectivity index (χ2n) is 7.65. The first-order valence-electron chi connectivity index (χ1n) is 10.4. The summed E-state index contributed by atoms with van der Waals surface area (Å²) in [7, 11) is 1.72. The highest BCUT2D eigenvalue weighted by Crippen LogP contribution is 2.21. The number of para-hydroxylation sites is 1. The van der Waals surface area contributed by atoms with Gasteiger partial charge in [0.2, 0.25) is 0 Å². The van der Waals surface area contributed by atoms with Crippen LogP contribution in [0.3, 0.4) is 0 Å². The van der Waals surface area contributed by atoms with E-state index in [1.54, 1.807) is 11.6 Å². The van der Waals surface area contributed by atoms with Crippen LogP contribution in [0.5, 0.6) is 0 Å². The number of aryl methyl sites for hydroxylation is 1. The van der Waals surface area contributed by atoms with Gasteiger partial charge in [-0.3, -0.25) is 14.5 Å². The molecular formula is C24H27N3O3. The average molecular weight is 405 g/mol. The zero-order valence-corrected chi connectivity index (χ0v) is 17.2. The highest BCUT2D eigenvalue weighted by molar-refractivity contribution is 6.06. The number of aromatic nitrogens is 1. The Balaban J connectivity index is 1.59. The van der Waals surface area contributed by atoms with Gasteiger partial charge in [-0.1, -0.05) is 48.5 Å². The molecule has 1 aromatic heterocycles. The second kappa shape index (κ2) is 9.24. The summed E-state index contributed by atoms with van der Waals surface area (Å²) in [6.45, 7) is 4.20. The molecule has 0 spiro atoms. The summed E-state index contributed by atoms with van der Waals surface area (Å²) in [5, 5.41) is 3.96. The number of morpholine rings is 1. The van der Waals surface area contributed by atoms with Crippen LogP contribution in [0, 0.1) is 0 Å². The molecule has 0 aliphatic carbocycles. The molecule has 156 valence electrons. The number of ether oxygens (including phenoxy) is 1. The molecule has 0 bridgehead atoms. The molecule has 0 radical (unpaired) electrons. The molecule has 1 aliphatic heterocycles. The number of carbonyl (C=O) groups is 1. The van der Waals surface area contributed by atoms with Gasteiger partial charge in [-0.2, -0.15) is 0 Å². The van der Waals surface area contributed by atoms with E-state index >= 15 is 0 Å². The van der Waals surface area contributed by atoms with E-state index in [4.69, 9.17) is 4.74 Å². The summed E-state index contributed by atoms with van der Waals surface area (Å²) in [5.74, 6) is -0.222. The molecule has 6 heteroatoms. The molecule has 4 rings (SSSR count). The van der Waals surface area contributed by atoms with Crippen molar-refractivity contribution in [1.82, 2.24) is 14.8 Å². The molecule has 1 atom stereocenters. The zero-order chi connectivity index (χ0) is 20.9. The largest absolute Gasteiger partial charge is 0.379 e. The molecule has 1 fully saturated rings. The maximum absolute atomic E-state index is 13.3. The van der Waals surface area contributed by atoms with Crippen LogP contribution in [0.1, 0.15) is 28.4 Å². The minimum atomic E-state index is -0.222. The molecule has 1 amide bonds. The number of benzene rings is 2. The van der Waals surface area contributed by atoms with Crippen LogP contribution in [0.25, 0.3) is 10.9 Å². The second-order valence-corrected chi connectivity index (χ2v) is 7.65. The third kappa shape index (κ3) is 4.45. The predicted octanol–water partition coefficient (Wildman–Crippen LogP) is 2.73. The Morgan fingerprint density at radius 2 is 1.77 bits per heavy atom. The van der Waals surface area contributed by atoms with Gasteiger partial charge in [0.15, 0.2) is 0 Å². The van der Waals surface area contributed by atoms with E-state index < -0.39 is 0 Å². The summed E-state index contributed by atoms with van der Waals surface area (Å²) in [5.41, 5.74) is 2.04. The fraction of sp³-hybridized carbons (Fsp3) is 0.333. The van der Waals surface area contributed by atoms with Crippen molar-refractivity contribution in [2.45, 2.75) is 12.5 Å². The summed E-state index contributed by atoms with van der Waals surface area (Å²) in [6.07, 6.45) is 0.790. The fourth-order valence-corrected chi connectivity index (χ4v) is 3.98. The van der Waals surface area contributed by atoms with Gasteiger partial charge < -0.3 is 14.6 Å². The van der Waals surface area contributed by atoms with Crippen molar-refractivity contribution in [2.24, 2.45) is 7.05 Å². The molecule has 30 heavy (non-hydrogen) atoms. The fourth-order valence-electron chi connectivity index (χ4n) is 3.98. The Bertz CT molecular complexity index is 1070. The lowest BCUT2D eigenvalue weighted by Gasteiger charge is -2.29. The van der Waals surface area contributed by atoms with E-state index in [0.29, 0.717) is 5.56 Å². The maximum atomic E-state index is 13.3. The Morgan fingerprint density at radius 1 is 1.07 bits per heavy atom. The lowest BCUT2D eigenvalue weighted by atomic mass is 10.0. The van der Waals surface area contributed by atoms with Gasteiger partial charge in [-0.25, -0.2) is 0 Å². The van der Waals surface area contributed by atoms with Crippen molar-refractivity contribution in [3.63, 3.8) is 0 Å². The Kier molecular flexibility index (Phi) is 6.26. The van der Waals surface area contributed by atoms with Crippen molar-refractivity contribution in [2.75, 3.05) is 32.8 Å². The van der Waals surface area contributed by atoms with Crippen molar-refractivity contribution in [3.05, 3.63) is 82.1 Å². The highest BCUT2D eigenvalue weighted by Gasteiger charge is 2.20. The molecule has 1 aliphatic rings. The van der Waals surface area contributed by atoms with Crippen LogP contribution >= 0.6 is 0 Å². The highest BCUT2D eigenvalue weighted by atomic mass is 16.5. The molecular weight excluding hydrogens is 378 g/mol. The van der Waals surface area contributed by atoms with E-state index in [1.807, 2.05) is 54.6 Å². The third-order valence-corrected chi connectivity index (χ3v) is 5.74. The number of carbonyl (C=O) groups excluding carboxylic acids is 1. The van der Waals surface area contributed by atoms with Crippen LogP contribution in [0.4, 0.5) is 0 Å². The molecule has 0 saturated carbocycles. The minimum Gasteiger partial charge on any atom is -0.379 e. The first-order chi connectivity index (χ1) is 14.6. The lowest BCUT2D eigenvalue weighted by Crippen LogP contribution is -2.39. The van der Waals surface area contributed by atoms with E-state index in [9.17, 15) is 9.59 Å². The number of hydrogen-bond acceptors (Lipinski definition) is 4. The van der Waals surface area contributed by atoms with Crippen LogP contribution in [0.2, 0.25) is 0 Å². The van der Waals surface area contributed by atoms with Crippen molar-refractivity contribution >= 4 is 16.8 Å². The number of hydrogen-bond donors (Lipinski definition) is 1. The third-order valence-electron chi connectivity index (χ3n) is 5.74. The van der Waals surface area contributed by atoms with Crippen LogP contribution in [-0.4, -0.2) is 48.2 Å². The number of fused-ring (bicyclic) bond motifs is 1. The van der Waals surface area contributed by atoms with Gasteiger partial charge in [0, 0.05) is 38.1 Å². The number of amides is 1. The molecule has 1 N–H and O–H groups in total. The molecule has 2 heterocycles. The minimum absolute atomic E-state index is 0.135. The molecule has 3 aromatic rings. The van der Waals surface area contributed by atoms with E-state index in [1.165, 1.54) is 6.07 Å². The molecule has 6 nitrogen and oxygen atoms in total. The Morgan fingerprint density at radius 3 is 2.53 bits per heavy atom. The average Bonchev–Trinajstić information content (AvgIpc) is 2.80. The normalized spacial score (nSPS) is 15.8. The van der Waals surface area contributed by atoms with E-state index in [0.717, 1.165) is 55.7 Å². The van der Waals surface area contributed by atoms with Crippen LogP contribution in [-0.2, 0) is 11.8 Å². The van der Waals surface area contributed by atoms with Gasteiger partial charge in [0.05, 0.1) is 30.3 Å². The van der Waals surface area contributed by atoms with Gasteiger partial charge >= 0.3 is 0 Å². The maximum Gasteiger partial charge on any atom is 0.252 e. The Hall–Kier alpha value is -2.96. The standard InChI is InChI=1S/C24H27N3O3/c1-26-22-10-6-5-9-19(22)20(17-23(26)28)24(29)25-21(18-7-3-2-4-8-18)11-12-27-13-15-30-16-14-27/h2-10,17,21H,11-16H2,1H3,(H,25,29)/t21-/m1/s1. The SMILES string of the molecule is Cn1c(=O)cc(C(=O)N[C@H](CCN2CCOCC2)c2ccccc2)c2ccccc21. The van der Waals surface area contributed by atoms with Crippen LogP contribution in [0.15, 0.2) is 65.5 Å². The number of rotatable bonds is 6. The zero-order valence-electron chi connectivity index (χ0n) is 17.2. The lowest BCUT2D eigenvalue weighted by molar-refractivity contribution is 0.0360. The van der Waals surface area contributed by atoms with Gasteiger partial charge in [0.25, 0.3) is 11.5 Å². The Labute approximate surface area is 176 Å². The first kappa shape index (κ1) is 20.3. The quantitative estimate of drug-likeness (QED) is 0.685. The summed E-state index contributed by atoms with van der Waals surface area (Å²) in [4.78, 5) is 28.0. The van der Waals surface area contributed by atoms with Crippen molar-refractivity contribution in [3.8, 4) is 0 Å². The smallest absolute Gasteiger partial charge is 0.252 e. The topological polar surface area (TPSA) is 63.6 Å². The number of nitrogens with zero attached hydrogens (tertiary/aromatic N) is 2. The van der Waals surface area contributed by atoms with Crippen molar-refractivity contribution < 1.29 is 9.53 Å². The number of nitrogens with one attached hydrogen (secondary N) is 1. The first-order valence-corrected chi connectivity index (χ1v) is 10.4. The van der Waals surface area contributed by atoms with E-state index in [-0.39, 0.29) is 17.5 Å². The van der Waals surface area contributed by atoms with Gasteiger partial charge in [-0.05, 0) is 18.1 Å². The van der Waals surface area contributed by atoms with E-state index in [2.05, 4.69) is 10.2 Å². The van der Waals surface area contributed by atoms with Gasteiger partial charge in [0.1, 0.15) is 0 Å².